The van der Waals surface area contributed by atoms with Gasteiger partial charge in [-0.1, -0.05) is 50.0 Å². The monoisotopic (exact) mass is 220 g/mol. The van der Waals surface area contributed by atoms with Gasteiger partial charge in [0.05, 0.1) is 0 Å². The zero-order valence-corrected chi connectivity index (χ0v) is 9.67. The summed E-state index contributed by atoms with van der Waals surface area (Å²) in [5, 5.41) is 0. The molecule has 0 aliphatic heterocycles. The highest BCUT2D eigenvalue weighted by molar-refractivity contribution is 6.60. The molecule has 0 aromatic heterocycles. The second-order valence-corrected chi connectivity index (χ2v) is 5.92. The third-order valence-corrected chi connectivity index (χ3v) is 2.91. The fourth-order valence-electron chi connectivity index (χ4n) is 1.45. The molecule has 0 saturated heterocycles. The summed E-state index contributed by atoms with van der Waals surface area (Å²) >= 11 is 11.8. The molecule has 0 atom stereocenters. The second-order valence-electron chi connectivity index (χ2n) is 4.44. The van der Waals surface area contributed by atoms with Gasteiger partial charge in [0.1, 0.15) is 0 Å². The van der Waals surface area contributed by atoms with Crippen LogP contribution in [0.15, 0.2) is 11.6 Å². The molecule has 0 aromatic carbocycles. The first kappa shape index (κ1) is 11.1. The van der Waals surface area contributed by atoms with E-state index in [4.69, 9.17) is 23.2 Å². The van der Waals surface area contributed by atoms with Crippen molar-refractivity contribution >= 4 is 29.0 Å². The number of halogens is 2. The second kappa shape index (κ2) is 3.29. The smallest absolute Gasteiger partial charge is 0.194 e. The lowest BCUT2D eigenvalue weighted by atomic mass is 9.79. The van der Waals surface area contributed by atoms with Gasteiger partial charge in [-0.25, -0.2) is 0 Å². The Hall–Kier alpha value is -0.0100. The maximum absolute atomic E-state index is 11.8. The lowest BCUT2D eigenvalue weighted by molar-refractivity contribution is -0.117. The van der Waals surface area contributed by atoms with Gasteiger partial charge in [0, 0.05) is 0 Å². The van der Waals surface area contributed by atoms with Crippen LogP contribution < -0.4 is 0 Å². The summed E-state index contributed by atoms with van der Waals surface area (Å²) in [6, 6.07) is 0. The van der Waals surface area contributed by atoms with Crippen LogP contribution in [0.2, 0.25) is 0 Å². The van der Waals surface area contributed by atoms with Crippen LogP contribution in [-0.4, -0.2) is 10.1 Å². The molecule has 0 saturated carbocycles. The molecule has 74 valence electrons. The Morgan fingerprint density at radius 1 is 1.38 bits per heavy atom. The van der Waals surface area contributed by atoms with Crippen molar-refractivity contribution in [3.8, 4) is 0 Å². The highest BCUT2D eigenvalue weighted by Crippen LogP contribution is 2.40. The summed E-state index contributed by atoms with van der Waals surface area (Å²) in [4.78, 5) is 11.8. The summed E-state index contributed by atoms with van der Waals surface area (Å²) in [5.41, 5.74) is 0.593. The summed E-state index contributed by atoms with van der Waals surface area (Å²) in [6.07, 6.45) is 3.26. The lowest BCUT2D eigenvalue weighted by Gasteiger charge is -2.30. The molecule has 1 rings (SSSR count). The maximum Gasteiger partial charge on any atom is 0.194 e. The fraction of sp³-hybridized carbons (Fsp3) is 0.700. The van der Waals surface area contributed by atoms with E-state index in [1.165, 1.54) is 0 Å². The van der Waals surface area contributed by atoms with Gasteiger partial charge in [-0.2, -0.15) is 0 Å². The number of alkyl halides is 2. The fourth-order valence-corrected chi connectivity index (χ4v) is 1.87. The van der Waals surface area contributed by atoms with Crippen molar-refractivity contribution in [1.29, 1.82) is 0 Å². The predicted octanol–water partition coefficient (Wildman–Crippen LogP) is 3.50. The molecule has 0 amide bonds. The topological polar surface area (TPSA) is 17.1 Å². The molecule has 0 fully saturated rings. The van der Waals surface area contributed by atoms with E-state index >= 15 is 0 Å². The Balaban J connectivity index is 3.01. The van der Waals surface area contributed by atoms with Crippen LogP contribution >= 0.6 is 23.2 Å². The van der Waals surface area contributed by atoms with Crippen molar-refractivity contribution in [1.82, 2.24) is 0 Å². The Morgan fingerprint density at radius 2 is 1.92 bits per heavy atom. The minimum absolute atomic E-state index is 0.130. The number of Topliss-reactive ketones (excluding diaryl/α,β-unsaturated/α-hetero) is 1. The van der Waals surface area contributed by atoms with Gasteiger partial charge in [-0.05, 0) is 23.8 Å². The third kappa shape index (κ3) is 2.26. The van der Waals surface area contributed by atoms with Crippen molar-refractivity contribution in [3.63, 3.8) is 0 Å². The highest BCUT2D eigenvalue weighted by atomic mass is 35.5. The van der Waals surface area contributed by atoms with Crippen molar-refractivity contribution in [2.45, 2.75) is 37.9 Å². The van der Waals surface area contributed by atoms with E-state index in [1.807, 2.05) is 26.8 Å². The van der Waals surface area contributed by atoms with Gasteiger partial charge in [0.15, 0.2) is 10.1 Å². The molecule has 1 aliphatic carbocycles. The van der Waals surface area contributed by atoms with E-state index in [0.29, 0.717) is 6.42 Å². The van der Waals surface area contributed by atoms with E-state index in [1.54, 1.807) is 0 Å². The van der Waals surface area contributed by atoms with Crippen LogP contribution in [0.4, 0.5) is 0 Å². The Bertz CT molecular complexity index is 259. The number of carbonyl (C=O) groups is 1. The molecule has 1 nitrogen and oxygen atoms in total. The summed E-state index contributed by atoms with van der Waals surface area (Å²) in [5.74, 6) is -0.130. The number of hydrogen-bond acceptors (Lipinski definition) is 1. The number of allylic oxidation sites excluding steroid dienone is 2. The van der Waals surface area contributed by atoms with Gasteiger partial charge in [-0.3, -0.25) is 4.79 Å². The average molecular weight is 221 g/mol. The molecule has 0 N–H and O–H groups in total. The Morgan fingerprint density at radius 3 is 2.31 bits per heavy atom. The standard InChI is InChI=1S/C10H14Cl2O/c1-9(2,3)7-5-4-6-10(11,12)8(7)13/h5H,4,6H2,1-3H3. The first-order valence-electron chi connectivity index (χ1n) is 4.38. The van der Waals surface area contributed by atoms with Gasteiger partial charge in [0.25, 0.3) is 0 Å². The van der Waals surface area contributed by atoms with Gasteiger partial charge < -0.3 is 0 Å². The zero-order chi connectivity index (χ0) is 10.3. The summed E-state index contributed by atoms with van der Waals surface area (Å²) in [6.45, 7) is 5.98. The van der Waals surface area contributed by atoms with Crippen LogP contribution in [0.25, 0.3) is 0 Å². The zero-order valence-electron chi connectivity index (χ0n) is 8.16. The summed E-state index contributed by atoms with van der Waals surface area (Å²) in [7, 11) is 0. The van der Waals surface area contributed by atoms with Crippen LogP contribution in [0.5, 0.6) is 0 Å². The Labute approximate surface area is 89.1 Å². The SMILES string of the molecule is CC(C)(C)C1=CCCC(Cl)(Cl)C1=O. The largest absolute Gasteiger partial charge is 0.291 e. The number of rotatable bonds is 0. The highest BCUT2D eigenvalue weighted by Gasteiger charge is 2.41. The normalized spacial score (nSPS) is 22.8. The molecular weight excluding hydrogens is 207 g/mol. The molecule has 0 spiro atoms. The van der Waals surface area contributed by atoms with E-state index in [0.717, 1.165) is 12.0 Å². The molecular formula is C10H14Cl2O. The molecule has 0 bridgehead atoms. The van der Waals surface area contributed by atoms with E-state index in [-0.39, 0.29) is 11.2 Å². The van der Waals surface area contributed by atoms with Crippen molar-refractivity contribution in [2.24, 2.45) is 5.41 Å². The van der Waals surface area contributed by atoms with Gasteiger partial charge >= 0.3 is 0 Å². The van der Waals surface area contributed by atoms with E-state index in [2.05, 4.69) is 0 Å². The van der Waals surface area contributed by atoms with Crippen LogP contribution in [0.1, 0.15) is 33.6 Å². The van der Waals surface area contributed by atoms with Crippen LogP contribution in [0.3, 0.4) is 0 Å². The molecule has 0 radical (unpaired) electrons. The van der Waals surface area contributed by atoms with Crippen LogP contribution in [-0.2, 0) is 4.79 Å². The molecule has 3 heteroatoms. The van der Waals surface area contributed by atoms with Crippen molar-refractivity contribution in [2.75, 3.05) is 0 Å². The van der Waals surface area contributed by atoms with Gasteiger partial charge in [-0.15, -0.1) is 0 Å². The lowest BCUT2D eigenvalue weighted by Crippen LogP contribution is -2.35. The third-order valence-electron chi connectivity index (χ3n) is 2.19. The maximum atomic E-state index is 11.8. The van der Waals surface area contributed by atoms with Crippen molar-refractivity contribution < 1.29 is 4.79 Å². The molecule has 0 unspecified atom stereocenters. The van der Waals surface area contributed by atoms with E-state index in [9.17, 15) is 4.79 Å². The quantitative estimate of drug-likeness (QED) is 0.572. The molecule has 13 heavy (non-hydrogen) atoms. The number of hydrogen-bond donors (Lipinski definition) is 0. The number of ketones is 1. The van der Waals surface area contributed by atoms with E-state index < -0.39 is 4.33 Å². The molecule has 0 heterocycles. The summed E-state index contributed by atoms with van der Waals surface area (Å²) < 4.78 is -1.20. The van der Waals surface area contributed by atoms with Crippen molar-refractivity contribution in [3.05, 3.63) is 11.6 Å². The molecule has 0 aromatic rings. The first-order valence-corrected chi connectivity index (χ1v) is 5.14. The first-order chi connectivity index (χ1) is 5.75. The molecule has 1 aliphatic rings. The minimum atomic E-state index is -1.20. The van der Waals surface area contributed by atoms with Crippen LogP contribution in [0, 0.1) is 5.41 Å². The predicted molar refractivity (Wildman–Crippen MR) is 56.2 cm³/mol. The average Bonchev–Trinajstić information content (AvgIpc) is 1.92. The minimum Gasteiger partial charge on any atom is -0.291 e. The van der Waals surface area contributed by atoms with Gasteiger partial charge in [0.2, 0.25) is 0 Å². The Kier molecular flexibility index (Phi) is 2.80. The number of carbonyl (C=O) groups excluding carboxylic acids is 1.